The highest BCUT2D eigenvalue weighted by molar-refractivity contribution is 5.55. The van der Waals surface area contributed by atoms with Gasteiger partial charge in [-0.25, -0.2) is 9.97 Å². The maximum Gasteiger partial charge on any atom is 0.159 e. The third-order valence-electron chi connectivity index (χ3n) is 8.86. The predicted octanol–water partition coefficient (Wildman–Crippen LogP) is 11.2. The summed E-state index contributed by atoms with van der Waals surface area (Å²) in [5, 5.41) is 0. The average molecular weight is 535 g/mol. The molecule has 1 aliphatic carbocycles. The Kier molecular flexibility index (Phi) is 16.3. The Morgan fingerprint density at radius 1 is 0.615 bits per heavy atom. The van der Waals surface area contributed by atoms with Crippen LogP contribution in [-0.2, 0) is 6.42 Å². The van der Waals surface area contributed by atoms with Crippen molar-refractivity contribution in [3.05, 3.63) is 42.2 Å². The van der Waals surface area contributed by atoms with Crippen molar-refractivity contribution in [3.63, 3.8) is 0 Å². The van der Waals surface area contributed by atoms with Gasteiger partial charge >= 0.3 is 0 Å². The van der Waals surface area contributed by atoms with E-state index >= 15 is 0 Å². The van der Waals surface area contributed by atoms with E-state index < -0.39 is 0 Å². The molecule has 0 bridgehead atoms. The number of ether oxygens (including phenoxy) is 1. The minimum atomic E-state index is 0.805. The molecule has 1 aromatic carbocycles. The smallest absolute Gasteiger partial charge is 0.159 e. The molecule has 3 nitrogen and oxygen atoms in total. The van der Waals surface area contributed by atoms with Crippen LogP contribution in [0.2, 0.25) is 0 Å². The molecule has 1 saturated carbocycles. The molecule has 0 saturated heterocycles. The van der Waals surface area contributed by atoms with Crippen LogP contribution < -0.4 is 4.74 Å². The molecule has 39 heavy (non-hydrogen) atoms. The van der Waals surface area contributed by atoms with Crippen molar-refractivity contribution >= 4 is 0 Å². The summed E-state index contributed by atoms with van der Waals surface area (Å²) in [7, 11) is 0. The summed E-state index contributed by atoms with van der Waals surface area (Å²) in [4.78, 5) is 9.37. The van der Waals surface area contributed by atoms with Gasteiger partial charge in [0, 0.05) is 18.0 Å². The van der Waals surface area contributed by atoms with Crippen molar-refractivity contribution in [1.82, 2.24) is 9.97 Å². The van der Waals surface area contributed by atoms with Gasteiger partial charge in [0.05, 0.1) is 6.61 Å². The van der Waals surface area contributed by atoms with Crippen molar-refractivity contribution in [3.8, 4) is 17.1 Å². The van der Waals surface area contributed by atoms with E-state index in [0.717, 1.165) is 48.4 Å². The molecular weight excluding hydrogens is 476 g/mol. The van der Waals surface area contributed by atoms with E-state index in [9.17, 15) is 0 Å². The summed E-state index contributed by atoms with van der Waals surface area (Å²) in [5.74, 6) is 3.64. The molecule has 0 amide bonds. The predicted molar refractivity (Wildman–Crippen MR) is 167 cm³/mol. The van der Waals surface area contributed by atoms with Gasteiger partial charge in [0.2, 0.25) is 0 Å². The quantitative estimate of drug-likeness (QED) is 0.149. The van der Waals surface area contributed by atoms with Gasteiger partial charge in [-0.3, -0.25) is 0 Å². The Labute approximate surface area is 241 Å². The van der Waals surface area contributed by atoms with Crippen molar-refractivity contribution in [2.45, 2.75) is 149 Å². The molecule has 0 aliphatic heterocycles. The van der Waals surface area contributed by atoms with E-state index in [1.165, 1.54) is 128 Å². The Balaban J connectivity index is 1.26. The number of hydrogen-bond donors (Lipinski definition) is 0. The minimum Gasteiger partial charge on any atom is -0.494 e. The first-order chi connectivity index (χ1) is 19.3. The van der Waals surface area contributed by atoms with Crippen LogP contribution in [0.1, 0.15) is 148 Å². The molecule has 1 aliphatic rings. The Hall–Kier alpha value is -1.90. The molecule has 1 aromatic heterocycles. The van der Waals surface area contributed by atoms with Crippen molar-refractivity contribution in [2.75, 3.05) is 6.61 Å². The number of rotatable bonds is 21. The highest BCUT2D eigenvalue weighted by Crippen LogP contribution is 2.34. The summed E-state index contributed by atoms with van der Waals surface area (Å²) in [6.07, 6.45) is 32.9. The second-order valence-electron chi connectivity index (χ2n) is 12.2. The highest BCUT2D eigenvalue weighted by Gasteiger charge is 2.20. The molecule has 2 aromatic rings. The highest BCUT2D eigenvalue weighted by atomic mass is 16.5. The monoisotopic (exact) mass is 534 g/mol. The summed E-state index contributed by atoms with van der Waals surface area (Å²) in [5.41, 5.74) is 2.34. The first kappa shape index (κ1) is 31.6. The second-order valence-corrected chi connectivity index (χ2v) is 12.2. The number of unbranched alkanes of at least 4 members (excludes halogenated alkanes) is 12. The van der Waals surface area contributed by atoms with Crippen LogP contribution >= 0.6 is 0 Å². The molecule has 0 radical (unpaired) electrons. The third kappa shape index (κ3) is 13.3. The van der Waals surface area contributed by atoms with Gasteiger partial charge < -0.3 is 4.74 Å². The normalized spacial score (nSPS) is 17.4. The van der Waals surface area contributed by atoms with Gasteiger partial charge in [0.25, 0.3) is 0 Å². The summed E-state index contributed by atoms with van der Waals surface area (Å²) in [6.45, 7) is 5.37. The van der Waals surface area contributed by atoms with Crippen LogP contribution in [0, 0.1) is 11.8 Å². The van der Waals surface area contributed by atoms with E-state index in [2.05, 4.69) is 48.1 Å². The van der Waals surface area contributed by atoms with Crippen molar-refractivity contribution in [2.24, 2.45) is 11.8 Å². The van der Waals surface area contributed by atoms with Crippen molar-refractivity contribution < 1.29 is 4.74 Å². The maximum absolute atomic E-state index is 5.94. The first-order valence-corrected chi connectivity index (χ1v) is 16.8. The fourth-order valence-corrected chi connectivity index (χ4v) is 6.15. The van der Waals surface area contributed by atoms with Crippen LogP contribution in [0.3, 0.4) is 0 Å². The average Bonchev–Trinajstić information content (AvgIpc) is 2.98. The number of hydrogen-bond acceptors (Lipinski definition) is 3. The Bertz CT molecular complexity index is 839. The van der Waals surface area contributed by atoms with Gasteiger partial charge in [-0.2, -0.15) is 0 Å². The van der Waals surface area contributed by atoms with Crippen LogP contribution in [0.15, 0.2) is 36.7 Å². The summed E-state index contributed by atoms with van der Waals surface area (Å²) < 4.78 is 5.94. The zero-order valence-electron chi connectivity index (χ0n) is 25.5. The lowest BCUT2D eigenvalue weighted by Crippen LogP contribution is -2.15. The van der Waals surface area contributed by atoms with E-state index in [0.29, 0.717) is 0 Å². The van der Waals surface area contributed by atoms with E-state index in [4.69, 9.17) is 4.74 Å². The standard InChI is InChI=1S/C36H58N2O/c1-3-5-7-9-11-13-15-17-31-18-20-32(21-19-31)22-23-33-29-37-36(38-30-33)34-24-26-35(27-25-34)39-28-16-14-12-10-8-6-4-2/h24-27,29-32H,3-23,28H2,1-2H3/t31-,32-. The number of nitrogens with zero attached hydrogens (tertiary/aromatic N) is 2. The lowest BCUT2D eigenvalue weighted by atomic mass is 9.78. The summed E-state index contributed by atoms with van der Waals surface area (Å²) in [6, 6.07) is 8.27. The van der Waals surface area contributed by atoms with Gasteiger partial charge in [-0.1, -0.05) is 129 Å². The van der Waals surface area contributed by atoms with Gasteiger partial charge in [0.1, 0.15) is 5.75 Å². The zero-order chi connectivity index (χ0) is 27.4. The lowest BCUT2D eigenvalue weighted by molar-refractivity contribution is 0.248. The number of benzene rings is 1. The van der Waals surface area contributed by atoms with E-state index in [1.807, 2.05) is 12.4 Å². The molecule has 0 spiro atoms. The van der Waals surface area contributed by atoms with E-state index in [-0.39, 0.29) is 0 Å². The van der Waals surface area contributed by atoms with E-state index in [1.54, 1.807) is 0 Å². The molecule has 0 N–H and O–H groups in total. The largest absolute Gasteiger partial charge is 0.494 e. The SMILES string of the molecule is CCCCCCCCCOc1ccc(-c2ncc(CC[C@H]3CC[C@H](CCCCCCCCC)CC3)cn2)cc1. The molecule has 3 rings (SSSR count). The molecule has 1 heterocycles. The van der Waals surface area contributed by atoms with Crippen LogP contribution in [-0.4, -0.2) is 16.6 Å². The minimum absolute atomic E-state index is 0.805. The molecule has 0 atom stereocenters. The Morgan fingerprint density at radius 3 is 1.72 bits per heavy atom. The molecular formula is C36H58N2O. The molecule has 3 heteroatoms. The summed E-state index contributed by atoms with van der Waals surface area (Å²) >= 11 is 0. The van der Waals surface area contributed by atoms with Gasteiger partial charge in [-0.05, 0) is 60.9 Å². The lowest BCUT2D eigenvalue weighted by Gasteiger charge is -2.28. The van der Waals surface area contributed by atoms with Crippen LogP contribution in [0.5, 0.6) is 5.75 Å². The Morgan fingerprint density at radius 2 is 1.13 bits per heavy atom. The topological polar surface area (TPSA) is 35.0 Å². The fraction of sp³-hybridized carbons (Fsp3) is 0.722. The van der Waals surface area contributed by atoms with Crippen LogP contribution in [0.25, 0.3) is 11.4 Å². The van der Waals surface area contributed by atoms with Gasteiger partial charge in [-0.15, -0.1) is 0 Å². The fourth-order valence-electron chi connectivity index (χ4n) is 6.15. The third-order valence-corrected chi connectivity index (χ3v) is 8.86. The van der Waals surface area contributed by atoms with Crippen molar-refractivity contribution in [1.29, 1.82) is 0 Å². The number of aromatic nitrogens is 2. The number of aryl methyl sites for hydroxylation is 1. The zero-order valence-corrected chi connectivity index (χ0v) is 25.5. The first-order valence-electron chi connectivity index (χ1n) is 16.8. The van der Waals surface area contributed by atoms with Gasteiger partial charge in [0.15, 0.2) is 5.82 Å². The van der Waals surface area contributed by atoms with Crippen LogP contribution in [0.4, 0.5) is 0 Å². The molecule has 0 unspecified atom stereocenters. The second kappa shape index (κ2) is 20.0. The molecule has 1 fully saturated rings. The molecule has 218 valence electrons. The maximum atomic E-state index is 5.94.